The molecule has 1 aliphatic heterocycles. The van der Waals surface area contributed by atoms with Gasteiger partial charge in [-0.25, -0.2) is 4.39 Å². The third-order valence-corrected chi connectivity index (χ3v) is 2.10. The number of benzene rings is 1. The molecule has 1 fully saturated rings. The molecule has 1 aromatic carbocycles. The van der Waals surface area contributed by atoms with E-state index in [4.69, 9.17) is 0 Å². The van der Waals surface area contributed by atoms with Crippen molar-refractivity contribution in [2.24, 2.45) is 0 Å². The zero-order chi connectivity index (χ0) is 7.68. The highest BCUT2D eigenvalue weighted by atomic mass is 35.5. The van der Waals surface area contributed by atoms with Crippen LogP contribution >= 0.6 is 12.4 Å². The van der Waals surface area contributed by atoms with Crippen LogP contribution < -0.4 is 5.32 Å². The van der Waals surface area contributed by atoms with Gasteiger partial charge >= 0.3 is 0 Å². The first kappa shape index (κ1) is 9.49. The van der Waals surface area contributed by atoms with Gasteiger partial charge in [0.2, 0.25) is 0 Å². The van der Waals surface area contributed by atoms with Gasteiger partial charge in [0, 0.05) is 6.04 Å². The summed E-state index contributed by atoms with van der Waals surface area (Å²) in [6.07, 6.45) is 1.17. The minimum Gasteiger partial charge on any atom is -0.310 e. The third kappa shape index (κ3) is 1.76. The smallest absolute Gasteiger partial charge is 0.123 e. The van der Waals surface area contributed by atoms with Crippen molar-refractivity contribution in [1.82, 2.24) is 5.32 Å². The molecule has 0 unspecified atom stereocenters. The number of nitrogens with one attached hydrogen (secondary N) is 1. The minimum atomic E-state index is -0.159. The van der Waals surface area contributed by atoms with Crippen LogP contribution in [0.15, 0.2) is 24.3 Å². The van der Waals surface area contributed by atoms with Gasteiger partial charge in [0.1, 0.15) is 5.82 Å². The maximum Gasteiger partial charge on any atom is 0.123 e. The molecule has 0 radical (unpaired) electrons. The van der Waals surface area contributed by atoms with Crippen LogP contribution in [0.3, 0.4) is 0 Å². The third-order valence-electron chi connectivity index (χ3n) is 2.10. The number of rotatable bonds is 1. The summed E-state index contributed by atoms with van der Waals surface area (Å²) in [6.45, 7) is 1.09. The van der Waals surface area contributed by atoms with E-state index in [1.54, 1.807) is 0 Å². The van der Waals surface area contributed by atoms with E-state index in [0.717, 1.165) is 6.54 Å². The van der Waals surface area contributed by atoms with E-state index >= 15 is 0 Å². The van der Waals surface area contributed by atoms with Gasteiger partial charge in [-0.15, -0.1) is 12.4 Å². The average molecular weight is 188 g/mol. The van der Waals surface area contributed by atoms with Crippen LogP contribution in [-0.2, 0) is 0 Å². The van der Waals surface area contributed by atoms with Crippen molar-refractivity contribution < 1.29 is 4.39 Å². The lowest BCUT2D eigenvalue weighted by Crippen LogP contribution is -2.34. The Balaban J connectivity index is 0.000000720. The standard InChI is InChI=1S/C9H10FN.ClH/c10-8-3-1-7(2-4-8)9-5-6-11-9;/h1-4,9,11H,5-6H2;1H/t9-;/m0./s1. The fourth-order valence-electron chi connectivity index (χ4n) is 1.27. The molecule has 1 N–H and O–H groups in total. The van der Waals surface area contributed by atoms with Crippen molar-refractivity contribution in [3.63, 3.8) is 0 Å². The zero-order valence-electron chi connectivity index (χ0n) is 6.59. The number of hydrogen-bond donors (Lipinski definition) is 1. The van der Waals surface area contributed by atoms with Gasteiger partial charge < -0.3 is 5.32 Å². The quantitative estimate of drug-likeness (QED) is 0.712. The second kappa shape index (κ2) is 3.87. The summed E-state index contributed by atoms with van der Waals surface area (Å²) in [4.78, 5) is 0. The van der Waals surface area contributed by atoms with E-state index in [2.05, 4.69) is 5.32 Å². The molecule has 1 aromatic rings. The summed E-state index contributed by atoms with van der Waals surface area (Å²) in [5, 5.41) is 3.26. The summed E-state index contributed by atoms with van der Waals surface area (Å²) in [5.41, 5.74) is 1.19. The molecule has 1 heterocycles. The lowest BCUT2D eigenvalue weighted by atomic mass is 9.98. The first-order chi connectivity index (χ1) is 5.36. The zero-order valence-corrected chi connectivity index (χ0v) is 7.40. The van der Waals surface area contributed by atoms with E-state index in [1.807, 2.05) is 12.1 Å². The van der Waals surface area contributed by atoms with Gasteiger partial charge in [-0.3, -0.25) is 0 Å². The molecule has 3 heteroatoms. The fraction of sp³-hybridized carbons (Fsp3) is 0.333. The van der Waals surface area contributed by atoms with Gasteiger partial charge in [-0.05, 0) is 30.7 Å². The second-order valence-corrected chi connectivity index (χ2v) is 2.85. The topological polar surface area (TPSA) is 12.0 Å². The van der Waals surface area contributed by atoms with Crippen LogP contribution in [-0.4, -0.2) is 6.54 Å². The highest BCUT2D eigenvalue weighted by molar-refractivity contribution is 5.85. The van der Waals surface area contributed by atoms with Gasteiger partial charge in [0.25, 0.3) is 0 Å². The van der Waals surface area contributed by atoms with E-state index in [-0.39, 0.29) is 18.2 Å². The minimum absolute atomic E-state index is 0. The van der Waals surface area contributed by atoms with E-state index in [0.29, 0.717) is 6.04 Å². The molecule has 0 amide bonds. The van der Waals surface area contributed by atoms with Gasteiger partial charge in [-0.2, -0.15) is 0 Å². The van der Waals surface area contributed by atoms with Crippen molar-refractivity contribution in [2.75, 3.05) is 6.54 Å². The maximum absolute atomic E-state index is 12.5. The van der Waals surface area contributed by atoms with Crippen molar-refractivity contribution in [3.8, 4) is 0 Å². The largest absolute Gasteiger partial charge is 0.310 e. The van der Waals surface area contributed by atoms with Gasteiger partial charge in [0.05, 0.1) is 0 Å². The molecule has 1 nitrogen and oxygen atoms in total. The molecule has 2 rings (SSSR count). The molecular weight excluding hydrogens is 177 g/mol. The number of halogens is 2. The monoisotopic (exact) mass is 187 g/mol. The summed E-state index contributed by atoms with van der Waals surface area (Å²) in [7, 11) is 0. The van der Waals surface area contributed by atoms with Gasteiger partial charge in [-0.1, -0.05) is 12.1 Å². The molecule has 0 saturated carbocycles. The predicted octanol–water partition coefficient (Wildman–Crippen LogP) is 2.28. The molecule has 1 saturated heterocycles. The second-order valence-electron chi connectivity index (χ2n) is 2.85. The lowest BCUT2D eigenvalue weighted by molar-refractivity contribution is 0.383. The van der Waals surface area contributed by atoms with Crippen LogP contribution in [0, 0.1) is 5.82 Å². The summed E-state index contributed by atoms with van der Waals surface area (Å²) >= 11 is 0. The molecular formula is C9H11ClFN. The van der Waals surface area contributed by atoms with Crippen molar-refractivity contribution in [2.45, 2.75) is 12.5 Å². The Hall–Kier alpha value is -0.600. The summed E-state index contributed by atoms with van der Waals surface area (Å²) in [5.74, 6) is -0.159. The first-order valence-corrected chi connectivity index (χ1v) is 3.85. The summed E-state index contributed by atoms with van der Waals surface area (Å²) in [6, 6.07) is 7.17. The van der Waals surface area contributed by atoms with Crippen molar-refractivity contribution in [1.29, 1.82) is 0 Å². The van der Waals surface area contributed by atoms with E-state index < -0.39 is 0 Å². The Morgan fingerprint density at radius 2 is 1.83 bits per heavy atom. The molecule has 1 aliphatic rings. The highest BCUT2D eigenvalue weighted by Gasteiger charge is 2.17. The van der Waals surface area contributed by atoms with Gasteiger partial charge in [0.15, 0.2) is 0 Å². The Morgan fingerprint density at radius 1 is 1.25 bits per heavy atom. The van der Waals surface area contributed by atoms with E-state index in [1.165, 1.54) is 24.1 Å². The average Bonchev–Trinajstić information content (AvgIpc) is 1.90. The first-order valence-electron chi connectivity index (χ1n) is 3.85. The Bertz CT molecular complexity index is 243. The number of hydrogen-bond acceptors (Lipinski definition) is 1. The Labute approximate surface area is 77.4 Å². The molecule has 0 aromatic heterocycles. The molecule has 0 spiro atoms. The molecule has 66 valence electrons. The Morgan fingerprint density at radius 3 is 2.25 bits per heavy atom. The predicted molar refractivity (Wildman–Crippen MR) is 49.0 cm³/mol. The van der Waals surface area contributed by atoms with Crippen LogP contribution in [0.4, 0.5) is 4.39 Å². The SMILES string of the molecule is Cl.Fc1ccc([C@@H]2CCN2)cc1. The van der Waals surface area contributed by atoms with Crippen LogP contribution in [0.25, 0.3) is 0 Å². The lowest BCUT2D eigenvalue weighted by Gasteiger charge is -2.27. The van der Waals surface area contributed by atoms with E-state index in [9.17, 15) is 4.39 Å². The normalized spacial score (nSPS) is 20.9. The summed E-state index contributed by atoms with van der Waals surface area (Å²) < 4.78 is 12.5. The Kier molecular flexibility index (Phi) is 3.06. The van der Waals surface area contributed by atoms with Crippen molar-refractivity contribution >= 4 is 12.4 Å². The molecule has 0 bridgehead atoms. The molecule has 12 heavy (non-hydrogen) atoms. The van der Waals surface area contributed by atoms with Crippen molar-refractivity contribution in [3.05, 3.63) is 35.6 Å². The highest BCUT2D eigenvalue weighted by Crippen LogP contribution is 2.22. The van der Waals surface area contributed by atoms with Crippen LogP contribution in [0.2, 0.25) is 0 Å². The maximum atomic E-state index is 12.5. The van der Waals surface area contributed by atoms with Crippen LogP contribution in [0.1, 0.15) is 18.0 Å². The fourth-order valence-corrected chi connectivity index (χ4v) is 1.27. The van der Waals surface area contributed by atoms with Crippen LogP contribution in [0.5, 0.6) is 0 Å². The molecule has 0 aliphatic carbocycles. The molecule has 1 atom stereocenters.